The Morgan fingerprint density at radius 3 is 3.31 bits per heavy atom. The van der Waals surface area contributed by atoms with Crippen molar-refractivity contribution < 1.29 is 0 Å². The van der Waals surface area contributed by atoms with Gasteiger partial charge in [0.1, 0.15) is 0 Å². The first-order valence-corrected chi connectivity index (χ1v) is 4.04. The Hall–Kier alpha value is -1.52. The molecule has 0 aliphatic rings. The van der Waals surface area contributed by atoms with Gasteiger partial charge in [0, 0.05) is 24.5 Å². The summed E-state index contributed by atoms with van der Waals surface area (Å²) >= 11 is 0. The van der Waals surface area contributed by atoms with Gasteiger partial charge in [-0.15, -0.1) is 0 Å². The topological polar surface area (TPSA) is 42.2 Å². The van der Waals surface area contributed by atoms with Crippen molar-refractivity contribution >= 4 is 13.6 Å². The molecule has 0 fully saturated rings. The van der Waals surface area contributed by atoms with Gasteiger partial charge in [-0.2, -0.15) is 5.10 Å². The Kier molecular flexibility index (Phi) is 3.82. The number of aryl methyl sites for hydroxylation is 1. The second-order valence-electron chi connectivity index (χ2n) is 2.50. The van der Waals surface area contributed by atoms with Gasteiger partial charge >= 0.3 is 0 Å². The molecule has 0 aliphatic carbocycles. The van der Waals surface area contributed by atoms with Crippen molar-refractivity contribution in [2.24, 2.45) is 5.10 Å². The maximum Gasteiger partial charge on any atom is 0.290 e. The molecule has 1 N–H and O–H groups in total. The largest absolute Gasteiger partial charge is 0.357 e. The molecule has 67 valence electrons. The van der Waals surface area contributed by atoms with Crippen molar-refractivity contribution in [1.82, 2.24) is 15.1 Å². The van der Waals surface area contributed by atoms with Crippen molar-refractivity contribution in [3.63, 3.8) is 0 Å². The Morgan fingerprint density at radius 2 is 2.69 bits per heavy atom. The third kappa shape index (κ3) is 3.15. The van der Waals surface area contributed by atoms with Crippen molar-refractivity contribution in [2.45, 2.75) is 13.4 Å². The van der Waals surface area contributed by atoms with Gasteiger partial charge in [0.25, 0.3) is 7.41 Å². The lowest BCUT2D eigenvalue weighted by Gasteiger charge is -2.01. The van der Waals surface area contributed by atoms with Crippen LogP contribution in [0.2, 0.25) is 0 Å². The second-order valence-corrected chi connectivity index (χ2v) is 2.50. The Morgan fingerprint density at radius 1 is 1.85 bits per heavy atom. The van der Waals surface area contributed by atoms with Crippen LogP contribution in [0.25, 0.3) is 0 Å². The summed E-state index contributed by atoms with van der Waals surface area (Å²) in [5.74, 6) is 0. The summed E-state index contributed by atoms with van der Waals surface area (Å²) in [4.78, 5) is 0. The second kappa shape index (κ2) is 5.19. The molecule has 1 rings (SSSR count). The maximum absolute atomic E-state index is 4.11. The highest BCUT2D eigenvalue weighted by Gasteiger charge is 1.96. The van der Waals surface area contributed by atoms with Crippen LogP contribution in [-0.4, -0.2) is 23.4 Å². The van der Waals surface area contributed by atoms with E-state index >= 15 is 0 Å². The van der Waals surface area contributed by atoms with E-state index in [1.807, 2.05) is 25.1 Å². The third-order valence-corrected chi connectivity index (χ3v) is 1.54. The molecule has 0 amide bonds. The predicted molar refractivity (Wildman–Crippen MR) is 54.5 cm³/mol. The predicted octanol–water partition coefficient (Wildman–Crippen LogP) is 0.530. The van der Waals surface area contributed by atoms with Gasteiger partial charge in [-0.1, -0.05) is 6.58 Å². The zero-order valence-electron chi connectivity index (χ0n) is 7.64. The molecule has 1 radical (unpaired) electrons. The summed E-state index contributed by atoms with van der Waals surface area (Å²) in [7, 11) is 1.82. The van der Waals surface area contributed by atoms with Gasteiger partial charge < -0.3 is 5.34 Å². The van der Waals surface area contributed by atoms with E-state index in [2.05, 4.69) is 22.1 Å². The highest BCUT2D eigenvalue weighted by molar-refractivity contribution is 6.30. The highest BCUT2D eigenvalue weighted by Crippen LogP contribution is 1.93. The number of hydrogen-bond donors (Lipinski definition) is 1. The van der Waals surface area contributed by atoms with Gasteiger partial charge in [0.05, 0.1) is 0 Å². The molecule has 4 nitrogen and oxygen atoms in total. The fraction of sp³-hybridized carbons (Fsp3) is 0.250. The van der Waals surface area contributed by atoms with E-state index in [0.717, 1.165) is 5.69 Å². The van der Waals surface area contributed by atoms with Crippen molar-refractivity contribution in [3.8, 4) is 0 Å². The van der Waals surface area contributed by atoms with Crippen LogP contribution >= 0.6 is 0 Å². The van der Waals surface area contributed by atoms with Gasteiger partial charge in [-0.25, -0.2) is 5.10 Å². The number of nitrogens with zero attached hydrogens (tertiary/aromatic N) is 3. The van der Waals surface area contributed by atoms with Crippen LogP contribution in [0.1, 0.15) is 5.69 Å². The molecule has 1 aromatic rings. The summed E-state index contributed by atoms with van der Waals surface area (Å²) in [5.41, 5.74) is 1.13. The monoisotopic (exact) mass is 175 g/mol. The number of aromatic nitrogens is 2. The van der Waals surface area contributed by atoms with Crippen LogP contribution < -0.4 is 5.34 Å². The Balaban J connectivity index is 2.24. The lowest BCUT2D eigenvalue weighted by molar-refractivity contribution is 0.705. The minimum Gasteiger partial charge on any atom is -0.357 e. The van der Waals surface area contributed by atoms with E-state index in [9.17, 15) is 0 Å². The molecule has 0 aromatic carbocycles. The van der Waals surface area contributed by atoms with Crippen LogP contribution in [0.4, 0.5) is 0 Å². The number of hydrazone groups is 1. The number of nitrogens with one attached hydrogen (secondary N) is 1. The first kappa shape index (κ1) is 9.57. The summed E-state index contributed by atoms with van der Waals surface area (Å²) in [6, 6.07) is 1.96. The molecule has 1 aromatic heterocycles. The molecular weight excluding hydrogens is 163 g/mol. The number of hydrogen-bond acceptors (Lipinski definition) is 3. The molecule has 0 unspecified atom stereocenters. The SMILES string of the molecule is C=C/C=N\N[B]Cn1nccc1C. The molecule has 0 saturated carbocycles. The maximum atomic E-state index is 4.11. The molecule has 13 heavy (non-hydrogen) atoms. The summed E-state index contributed by atoms with van der Waals surface area (Å²) in [5, 5.41) is 10.7. The van der Waals surface area contributed by atoms with E-state index in [1.165, 1.54) is 0 Å². The van der Waals surface area contributed by atoms with Crippen LogP contribution in [0.5, 0.6) is 0 Å². The lowest BCUT2D eigenvalue weighted by atomic mass is 9.97. The summed E-state index contributed by atoms with van der Waals surface area (Å²) in [6.07, 6.45) is 5.68. The summed E-state index contributed by atoms with van der Waals surface area (Å²) < 4.78 is 1.87. The normalized spacial score (nSPS) is 10.2. The van der Waals surface area contributed by atoms with E-state index in [4.69, 9.17) is 0 Å². The van der Waals surface area contributed by atoms with Crippen molar-refractivity contribution in [2.75, 3.05) is 0 Å². The van der Waals surface area contributed by atoms with Crippen LogP contribution in [0.15, 0.2) is 30.0 Å². The number of rotatable bonds is 5. The van der Waals surface area contributed by atoms with Gasteiger partial charge in [0.15, 0.2) is 0 Å². The van der Waals surface area contributed by atoms with Crippen molar-refractivity contribution in [1.29, 1.82) is 0 Å². The van der Waals surface area contributed by atoms with Gasteiger partial charge in [-0.3, -0.25) is 4.68 Å². The molecule has 0 bridgehead atoms. The first-order chi connectivity index (χ1) is 6.34. The highest BCUT2D eigenvalue weighted by atomic mass is 15.3. The molecule has 0 atom stereocenters. The molecular formula is C8H12BN4. The van der Waals surface area contributed by atoms with Crippen LogP contribution in [0, 0.1) is 6.92 Å². The zero-order valence-corrected chi connectivity index (χ0v) is 7.64. The van der Waals surface area contributed by atoms with E-state index in [0.29, 0.717) is 6.44 Å². The molecule has 1 heterocycles. The van der Waals surface area contributed by atoms with Crippen LogP contribution in [0.3, 0.4) is 0 Å². The standard InChI is InChI=1S/C8H12BN4/c1-3-5-10-12-9-7-13-8(2)4-6-11-13/h3-6,12H,1,7H2,2H3/b10-5-. The Labute approximate surface area is 78.6 Å². The number of allylic oxidation sites excluding steroid dienone is 1. The molecule has 5 heteroatoms. The summed E-state index contributed by atoms with van der Waals surface area (Å²) in [6.45, 7) is 5.51. The molecule has 0 spiro atoms. The third-order valence-electron chi connectivity index (χ3n) is 1.54. The molecule has 0 saturated heterocycles. The Bertz CT molecular complexity index is 292. The van der Waals surface area contributed by atoms with Crippen molar-refractivity contribution in [3.05, 3.63) is 30.6 Å². The lowest BCUT2D eigenvalue weighted by Crippen LogP contribution is -2.20. The van der Waals surface area contributed by atoms with E-state index in [-0.39, 0.29) is 0 Å². The van der Waals surface area contributed by atoms with E-state index in [1.54, 1.807) is 18.5 Å². The first-order valence-electron chi connectivity index (χ1n) is 4.04. The minimum atomic E-state index is 0.702. The minimum absolute atomic E-state index is 0.702. The average Bonchev–Trinajstić information content (AvgIpc) is 2.52. The van der Waals surface area contributed by atoms with E-state index < -0.39 is 0 Å². The van der Waals surface area contributed by atoms with Gasteiger partial charge in [-0.05, 0) is 19.1 Å². The average molecular weight is 175 g/mol. The fourth-order valence-electron chi connectivity index (χ4n) is 0.866. The quantitative estimate of drug-likeness (QED) is 0.307. The van der Waals surface area contributed by atoms with Gasteiger partial charge in [0.2, 0.25) is 0 Å². The van der Waals surface area contributed by atoms with Crippen LogP contribution in [-0.2, 0) is 6.44 Å². The molecule has 0 aliphatic heterocycles. The zero-order chi connectivity index (χ0) is 9.52. The fourth-order valence-corrected chi connectivity index (χ4v) is 0.866. The smallest absolute Gasteiger partial charge is 0.290 e.